The molecule has 1 N–H and O–H groups in total. The van der Waals surface area contributed by atoms with Gasteiger partial charge in [0.25, 0.3) is 5.91 Å². The van der Waals surface area contributed by atoms with Crippen molar-refractivity contribution in [2.45, 2.75) is 19.3 Å². The number of hydrogen-bond donors (Lipinski definition) is 1. The number of hydrogen-bond acceptors (Lipinski definition) is 3. The third kappa shape index (κ3) is 3.59. The number of nitrogens with one attached hydrogen (secondary N) is 1. The molecular weight excluding hydrogens is 416 g/mol. The Bertz CT molecular complexity index is 1010. The summed E-state index contributed by atoms with van der Waals surface area (Å²) in [5, 5.41) is 5.12. The van der Waals surface area contributed by atoms with Crippen molar-refractivity contribution >= 4 is 44.0 Å². The van der Waals surface area contributed by atoms with Crippen LogP contribution in [0.1, 0.15) is 29.6 Å². The van der Waals surface area contributed by atoms with Gasteiger partial charge in [0.1, 0.15) is 5.75 Å². The maximum absolute atomic E-state index is 13.2. The molecule has 3 aromatic rings. The average Bonchev–Trinajstić information content (AvgIpc) is 2.74. The van der Waals surface area contributed by atoms with Crippen LogP contribution in [0.3, 0.4) is 0 Å². The topological polar surface area (TPSA) is 41.6 Å². The molecule has 3 aromatic carbocycles. The number of halogens is 1. The maximum atomic E-state index is 13.2. The van der Waals surface area contributed by atoms with Gasteiger partial charge in [-0.1, -0.05) is 36.4 Å². The molecule has 4 nitrogen and oxygen atoms in total. The van der Waals surface area contributed by atoms with Crippen LogP contribution in [0.4, 0.5) is 11.4 Å². The highest BCUT2D eigenvalue weighted by atomic mass is 79.9. The number of carbonyl (C=O) groups is 1. The summed E-state index contributed by atoms with van der Waals surface area (Å²) in [6, 6.07) is 17.9. The van der Waals surface area contributed by atoms with E-state index in [2.05, 4.69) is 32.2 Å². The van der Waals surface area contributed by atoms with Gasteiger partial charge in [-0.15, -0.1) is 0 Å². The summed E-state index contributed by atoms with van der Waals surface area (Å²) < 4.78 is 6.37. The second-order valence-corrected chi connectivity index (χ2v) is 7.80. The zero-order chi connectivity index (χ0) is 19.5. The fraction of sp³-hybridized carbons (Fsp3) is 0.261. The molecule has 0 spiro atoms. The van der Waals surface area contributed by atoms with Gasteiger partial charge in [-0.3, -0.25) is 4.79 Å². The number of carbonyl (C=O) groups excluding carboxylic acids is 1. The SMILES string of the molecule is COc1c(C(=O)Nc2ccccc2N2CCCCC2)cc2ccccc2c1Br. The number of fused-ring (bicyclic) bond motifs is 1. The molecule has 1 aliphatic rings. The van der Waals surface area contributed by atoms with Gasteiger partial charge in [-0.05, 0) is 64.2 Å². The van der Waals surface area contributed by atoms with Gasteiger partial charge in [0.05, 0.1) is 28.5 Å². The van der Waals surface area contributed by atoms with Gasteiger partial charge < -0.3 is 15.0 Å². The lowest BCUT2D eigenvalue weighted by atomic mass is 10.0. The molecule has 0 unspecified atom stereocenters. The Morgan fingerprint density at radius 3 is 2.54 bits per heavy atom. The van der Waals surface area contributed by atoms with Crippen LogP contribution in [0.2, 0.25) is 0 Å². The van der Waals surface area contributed by atoms with E-state index in [9.17, 15) is 4.79 Å². The molecule has 0 bridgehead atoms. The largest absolute Gasteiger partial charge is 0.495 e. The van der Waals surface area contributed by atoms with Crippen molar-refractivity contribution in [2.24, 2.45) is 0 Å². The second kappa shape index (κ2) is 8.23. The van der Waals surface area contributed by atoms with Gasteiger partial charge in [0.15, 0.2) is 0 Å². The highest BCUT2D eigenvalue weighted by molar-refractivity contribution is 9.10. The van der Waals surface area contributed by atoms with E-state index in [-0.39, 0.29) is 5.91 Å². The molecule has 1 heterocycles. The minimum atomic E-state index is -0.173. The number of piperidine rings is 1. The molecule has 5 heteroatoms. The first-order valence-corrected chi connectivity index (χ1v) is 10.4. The van der Waals surface area contributed by atoms with Gasteiger partial charge in [0.2, 0.25) is 0 Å². The van der Waals surface area contributed by atoms with Gasteiger partial charge in [-0.2, -0.15) is 0 Å². The van der Waals surface area contributed by atoms with Crippen LogP contribution < -0.4 is 15.0 Å². The fourth-order valence-electron chi connectivity index (χ4n) is 3.83. The third-order valence-electron chi connectivity index (χ3n) is 5.24. The molecule has 0 aromatic heterocycles. The molecule has 144 valence electrons. The minimum Gasteiger partial charge on any atom is -0.495 e. The van der Waals surface area contributed by atoms with E-state index in [4.69, 9.17) is 4.74 Å². The molecule has 1 fully saturated rings. The van der Waals surface area contributed by atoms with Gasteiger partial charge in [0, 0.05) is 13.1 Å². The number of amides is 1. The Morgan fingerprint density at radius 1 is 1.04 bits per heavy atom. The number of rotatable bonds is 4. The molecule has 0 atom stereocenters. The summed E-state index contributed by atoms with van der Waals surface area (Å²) in [6.45, 7) is 2.05. The van der Waals surface area contributed by atoms with E-state index in [1.165, 1.54) is 19.3 Å². The fourth-order valence-corrected chi connectivity index (χ4v) is 4.57. The molecule has 28 heavy (non-hydrogen) atoms. The quantitative estimate of drug-likeness (QED) is 0.554. The summed E-state index contributed by atoms with van der Waals surface area (Å²) in [4.78, 5) is 15.5. The first-order valence-electron chi connectivity index (χ1n) is 9.59. The Labute approximate surface area is 173 Å². The smallest absolute Gasteiger partial charge is 0.259 e. The Morgan fingerprint density at radius 2 is 1.75 bits per heavy atom. The highest BCUT2D eigenvalue weighted by Crippen LogP contribution is 2.37. The van der Waals surface area contributed by atoms with Crippen molar-refractivity contribution in [3.8, 4) is 5.75 Å². The van der Waals surface area contributed by atoms with E-state index in [0.29, 0.717) is 11.3 Å². The zero-order valence-electron chi connectivity index (χ0n) is 15.9. The summed E-state index contributed by atoms with van der Waals surface area (Å²) >= 11 is 3.61. The number of ether oxygens (including phenoxy) is 1. The van der Waals surface area contributed by atoms with Crippen LogP contribution in [0, 0.1) is 0 Å². The molecule has 0 radical (unpaired) electrons. The van der Waals surface area contributed by atoms with E-state index in [0.717, 1.165) is 39.7 Å². The van der Waals surface area contributed by atoms with E-state index >= 15 is 0 Å². The van der Waals surface area contributed by atoms with Crippen molar-refractivity contribution in [1.29, 1.82) is 0 Å². The zero-order valence-corrected chi connectivity index (χ0v) is 17.5. The normalized spacial score (nSPS) is 14.1. The molecule has 4 rings (SSSR count). The van der Waals surface area contributed by atoms with Crippen molar-refractivity contribution in [3.63, 3.8) is 0 Å². The van der Waals surface area contributed by atoms with Crippen LogP contribution in [0.15, 0.2) is 59.1 Å². The summed E-state index contributed by atoms with van der Waals surface area (Å²) in [5.74, 6) is 0.374. The lowest BCUT2D eigenvalue weighted by molar-refractivity contribution is 0.102. The van der Waals surface area contributed by atoms with Crippen molar-refractivity contribution < 1.29 is 9.53 Å². The molecule has 1 saturated heterocycles. The predicted octanol–water partition coefficient (Wildman–Crippen LogP) is 5.85. The van der Waals surface area contributed by atoms with E-state index < -0.39 is 0 Å². The Kier molecular flexibility index (Phi) is 5.53. The van der Waals surface area contributed by atoms with E-state index in [1.54, 1.807) is 7.11 Å². The summed E-state index contributed by atoms with van der Waals surface area (Å²) in [6.07, 6.45) is 3.65. The van der Waals surface area contributed by atoms with E-state index in [1.807, 2.05) is 48.5 Å². The molecule has 0 saturated carbocycles. The Hall–Kier alpha value is -2.53. The lowest BCUT2D eigenvalue weighted by Crippen LogP contribution is -2.30. The number of methoxy groups -OCH3 is 1. The van der Waals surface area contributed by atoms with Crippen LogP contribution in [-0.2, 0) is 0 Å². The van der Waals surface area contributed by atoms with Crippen LogP contribution >= 0.6 is 15.9 Å². The van der Waals surface area contributed by atoms with Crippen molar-refractivity contribution in [1.82, 2.24) is 0 Å². The molecule has 0 aliphatic carbocycles. The highest BCUT2D eigenvalue weighted by Gasteiger charge is 2.20. The number of anilines is 2. The Balaban J connectivity index is 1.70. The molecule has 1 aliphatic heterocycles. The van der Waals surface area contributed by atoms with Gasteiger partial charge >= 0.3 is 0 Å². The number of para-hydroxylation sites is 2. The predicted molar refractivity (Wildman–Crippen MR) is 119 cm³/mol. The maximum Gasteiger partial charge on any atom is 0.259 e. The van der Waals surface area contributed by atoms with Crippen LogP contribution in [-0.4, -0.2) is 26.1 Å². The first-order chi connectivity index (χ1) is 13.7. The lowest BCUT2D eigenvalue weighted by Gasteiger charge is -2.30. The summed E-state index contributed by atoms with van der Waals surface area (Å²) in [5.41, 5.74) is 2.43. The monoisotopic (exact) mass is 438 g/mol. The van der Waals surface area contributed by atoms with Crippen LogP contribution in [0.5, 0.6) is 5.75 Å². The number of benzene rings is 3. The number of nitrogens with zero attached hydrogens (tertiary/aromatic N) is 1. The minimum absolute atomic E-state index is 0.173. The average molecular weight is 439 g/mol. The summed E-state index contributed by atoms with van der Waals surface area (Å²) in [7, 11) is 1.59. The standard InChI is InChI=1S/C23H23BrN2O2/c1-28-22-18(15-16-9-3-4-10-17(16)21(22)24)23(27)25-19-11-5-6-12-20(19)26-13-7-2-8-14-26/h3-6,9-12,15H,2,7-8,13-14H2,1H3,(H,25,27). The second-order valence-electron chi connectivity index (χ2n) is 7.01. The van der Waals surface area contributed by atoms with Gasteiger partial charge in [-0.25, -0.2) is 0 Å². The van der Waals surface area contributed by atoms with Crippen molar-refractivity contribution in [2.75, 3.05) is 30.4 Å². The first kappa shape index (κ1) is 18.8. The molecule has 1 amide bonds. The third-order valence-corrected chi connectivity index (χ3v) is 6.03. The van der Waals surface area contributed by atoms with Crippen LogP contribution in [0.25, 0.3) is 10.8 Å². The van der Waals surface area contributed by atoms with Crippen molar-refractivity contribution in [3.05, 3.63) is 64.6 Å². The molecular formula is C23H23BrN2O2.